The van der Waals surface area contributed by atoms with E-state index in [-0.39, 0.29) is 26.1 Å². The van der Waals surface area contributed by atoms with Crippen LogP contribution in [0.1, 0.15) is 12.8 Å². The molecule has 3 aromatic rings. The van der Waals surface area contributed by atoms with Crippen molar-refractivity contribution in [3.8, 4) is 11.5 Å². The van der Waals surface area contributed by atoms with Gasteiger partial charge >= 0.3 is 0 Å². The van der Waals surface area contributed by atoms with Crippen LogP contribution in [0, 0.1) is 0 Å². The smallest absolute Gasteiger partial charge is 0.293 e. The third kappa shape index (κ3) is 3.50. The van der Waals surface area contributed by atoms with Gasteiger partial charge in [-0.25, -0.2) is 18.7 Å². The first kappa shape index (κ1) is 18.1. The number of hydrogen-bond acceptors (Lipinski definition) is 7. The van der Waals surface area contributed by atoms with E-state index in [1.54, 1.807) is 24.4 Å². The van der Waals surface area contributed by atoms with Crippen molar-refractivity contribution in [1.29, 1.82) is 0 Å². The Morgan fingerprint density at radius 1 is 1.22 bits per heavy atom. The number of nitrogens with one attached hydrogen (secondary N) is 1. The minimum Gasteiger partial charge on any atom is -0.383 e. The number of nitrogens with zero attached hydrogens (tertiary/aromatic N) is 3. The van der Waals surface area contributed by atoms with Gasteiger partial charge in [0.15, 0.2) is 5.82 Å². The topological polar surface area (TPSA) is 80.2 Å². The fourth-order valence-corrected chi connectivity index (χ4v) is 3.80. The lowest BCUT2D eigenvalue weighted by Gasteiger charge is -2.38. The second kappa shape index (κ2) is 7.06. The zero-order chi connectivity index (χ0) is 18.9. The van der Waals surface area contributed by atoms with Crippen LogP contribution in [0.3, 0.4) is 0 Å². The average molecular weight is 392 g/mol. The second-order valence-corrected chi connectivity index (χ2v) is 7.35. The molecule has 0 unspecified atom stereocenters. The molecule has 6 nitrogen and oxygen atoms in total. The standard InChI is InChI=1S/C18H18F2N4O2S/c19-18(20,17(25)5-8-26-9-6-17)11-22-14-12-4-10-27-16(12)24-15(23-14)13-3-1-2-7-21-13/h1-4,7,10,25H,5-6,8-9,11H2,(H,22,23,24). The van der Waals surface area contributed by atoms with E-state index in [9.17, 15) is 13.9 Å². The monoisotopic (exact) mass is 392 g/mol. The average Bonchev–Trinajstić information content (AvgIpc) is 3.16. The molecule has 0 atom stereocenters. The fraction of sp³-hybridized carbons (Fsp3) is 0.389. The number of aliphatic hydroxyl groups is 1. The quantitative estimate of drug-likeness (QED) is 0.693. The Bertz CT molecular complexity index is 930. The van der Waals surface area contributed by atoms with Crippen LogP contribution < -0.4 is 5.32 Å². The van der Waals surface area contributed by atoms with E-state index >= 15 is 0 Å². The number of ether oxygens (including phenoxy) is 1. The highest BCUT2D eigenvalue weighted by atomic mass is 32.1. The largest absolute Gasteiger partial charge is 0.383 e. The lowest BCUT2D eigenvalue weighted by molar-refractivity contribution is -0.205. The Morgan fingerprint density at radius 2 is 2.04 bits per heavy atom. The van der Waals surface area contributed by atoms with Gasteiger partial charge in [-0.1, -0.05) is 6.07 Å². The summed E-state index contributed by atoms with van der Waals surface area (Å²) in [6.07, 6.45) is 1.43. The van der Waals surface area contributed by atoms with Crippen molar-refractivity contribution in [2.75, 3.05) is 25.1 Å². The van der Waals surface area contributed by atoms with E-state index in [0.717, 1.165) is 0 Å². The summed E-state index contributed by atoms with van der Waals surface area (Å²) >= 11 is 1.40. The highest BCUT2D eigenvalue weighted by Crippen LogP contribution is 2.37. The van der Waals surface area contributed by atoms with Crippen LogP contribution in [0.15, 0.2) is 35.8 Å². The molecule has 1 fully saturated rings. The van der Waals surface area contributed by atoms with Crippen molar-refractivity contribution in [3.63, 3.8) is 0 Å². The van der Waals surface area contributed by atoms with Crippen LogP contribution in [0.4, 0.5) is 14.6 Å². The lowest BCUT2D eigenvalue weighted by Crippen LogP contribution is -2.55. The highest BCUT2D eigenvalue weighted by Gasteiger charge is 2.52. The van der Waals surface area contributed by atoms with Gasteiger partial charge in [0.1, 0.15) is 21.9 Å². The summed E-state index contributed by atoms with van der Waals surface area (Å²) in [5, 5.41) is 15.6. The van der Waals surface area contributed by atoms with Crippen molar-refractivity contribution >= 4 is 27.4 Å². The molecule has 2 N–H and O–H groups in total. The van der Waals surface area contributed by atoms with E-state index in [4.69, 9.17) is 4.74 Å². The van der Waals surface area contributed by atoms with Crippen molar-refractivity contribution in [2.45, 2.75) is 24.4 Å². The van der Waals surface area contributed by atoms with Gasteiger partial charge in [0.25, 0.3) is 5.92 Å². The molecule has 142 valence electrons. The first-order chi connectivity index (χ1) is 13.0. The Morgan fingerprint density at radius 3 is 2.78 bits per heavy atom. The molecule has 3 aromatic heterocycles. The first-order valence-corrected chi connectivity index (χ1v) is 9.45. The summed E-state index contributed by atoms with van der Waals surface area (Å²) in [5.74, 6) is -2.66. The van der Waals surface area contributed by atoms with Crippen molar-refractivity contribution < 1.29 is 18.6 Å². The fourth-order valence-electron chi connectivity index (χ4n) is 3.03. The van der Waals surface area contributed by atoms with Gasteiger partial charge in [-0.05, 0) is 23.6 Å². The van der Waals surface area contributed by atoms with Gasteiger partial charge in [0.05, 0.1) is 11.9 Å². The summed E-state index contributed by atoms with van der Waals surface area (Å²) < 4.78 is 34.5. The molecule has 9 heteroatoms. The number of anilines is 1. The summed E-state index contributed by atoms with van der Waals surface area (Å²) in [4.78, 5) is 13.8. The van der Waals surface area contributed by atoms with Crippen LogP contribution in [-0.4, -0.2) is 51.3 Å². The second-order valence-electron chi connectivity index (χ2n) is 6.45. The maximum Gasteiger partial charge on any atom is 0.293 e. The Kier molecular flexibility index (Phi) is 4.75. The maximum atomic E-state index is 14.7. The normalized spacial score (nSPS) is 17.1. The van der Waals surface area contributed by atoms with Gasteiger partial charge < -0.3 is 15.2 Å². The SMILES string of the molecule is OC1(C(F)(F)CNc2nc(-c3ccccn3)nc3sccc23)CCOCC1. The zero-order valence-corrected chi connectivity index (χ0v) is 15.2. The molecule has 1 aliphatic heterocycles. The summed E-state index contributed by atoms with van der Waals surface area (Å²) in [6, 6.07) is 7.14. The molecule has 4 heterocycles. The van der Waals surface area contributed by atoms with Crippen molar-refractivity contribution in [2.24, 2.45) is 0 Å². The number of thiophene rings is 1. The number of halogens is 2. The number of hydrogen-bond donors (Lipinski definition) is 2. The van der Waals surface area contributed by atoms with E-state index in [2.05, 4.69) is 20.3 Å². The Balaban J connectivity index is 1.62. The molecule has 0 saturated carbocycles. The van der Waals surface area contributed by atoms with E-state index in [1.165, 1.54) is 11.3 Å². The van der Waals surface area contributed by atoms with Crippen LogP contribution in [0.25, 0.3) is 21.7 Å². The maximum absolute atomic E-state index is 14.7. The zero-order valence-electron chi connectivity index (χ0n) is 14.4. The summed E-state index contributed by atoms with van der Waals surface area (Å²) in [5.41, 5.74) is -1.52. The number of alkyl halides is 2. The molecule has 0 aliphatic carbocycles. The molecule has 27 heavy (non-hydrogen) atoms. The van der Waals surface area contributed by atoms with Gasteiger partial charge in [0, 0.05) is 32.3 Å². The number of aromatic nitrogens is 3. The Hall–Kier alpha value is -2.23. The number of rotatable bonds is 5. The van der Waals surface area contributed by atoms with Gasteiger partial charge in [-0.2, -0.15) is 0 Å². The number of fused-ring (bicyclic) bond motifs is 1. The van der Waals surface area contributed by atoms with E-state index in [0.29, 0.717) is 27.6 Å². The van der Waals surface area contributed by atoms with Crippen molar-refractivity contribution in [1.82, 2.24) is 15.0 Å². The predicted molar refractivity (Wildman–Crippen MR) is 99.1 cm³/mol. The molecule has 0 spiro atoms. The molecular formula is C18H18F2N4O2S. The molecule has 0 amide bonds. The van der Waals surface area contributed by atoms with Gasteiger partial charge in [-0.15, -0.1) is 11.3 Å². The van der Waals surface area contributed by atoms with Crippen LogP contribution in [0.2, 0.25) is 0 Å². The molecule has 0 aromatic carbocycles. The highest BCUT2D eigenvalue weighted by molar-refractivity contribution is 7.16. The molecule has 1 saturated heterocycles. The third-order valence-electron chi connectivity index (χ3n) is 4.70. The van der Waals surface area contributed by atoms with Gasteiger partial charge in [0.2, 0.25) is 0 Å². The minimum absolute atomic E-state index is 0.0987. The third-order valence-corrected chi connectivity index (χ3v) is 5.50. The van der Waals surface area contributed by atoms with Crippen molar-refractivity contribution in [3.05, 3.63) is 35.8 Å². The predicted octanol–water partition coefficient (Wildman–Crippen LogP) is 3.34. The molecule has 0 bridgehead atoms. The van der Waals surface area contributed by atoms with E-state index in [1.807, 2.05) is 11.4 Å². The molecule has 4 rings (SSSR count). The van der Waals surface area contributed by atoms with Crippen LogP contribution in [-0.2, 0) is 4.74 Å². The molecule has 1 aliphatic rings. The molecule has 0 radical (unpaired) electrons. The Labute approximate surface area is 158 Å². The van der Waals surface area contributed by atoms with Crippen LogP contribution in [0.5, 0.6) is 0 Å². The first-order valence-electron chi connectivity index (χ1n) is 8.57. The molecular weight excluding hydrogens is 374 g/mol. The minimum atomic E-state index is -3.32. The van der Waals surface area contributed by atoms with Gasteiger partial charge in [-0.3, -0.25) is 4.98 Å². The number of pyridine rings is 1. The lowest BCUT2D eigenvalue weighted by atomic mass is 9.87. The van der Waals surface area contributed by atoms with Crippen LogP contribution >= 0.6 is 11.3 Å². The van der Waals surface area contributed by atoms with E-state index < -0.39 is 18.1 Å². The summed E-state index contributed by atoms with van der Waals surface area (Å²) in [7, 11) is 0. The summed E-state index contributed by atoms with van der Waals surface area (Å²) in [6.45, 7) is -0.483.